The molecule has 0 saturated heterocycles. The first kappa shape index (κ1) is 14.0. The van der Waals surface area contributed by atoms with Gasteiger partial charge < -0.3 is 14.8 Å². The molecule has 3 heteroatoms. The lowest BCUT2D eigenvalue weighted by atomic mass is 10.1. The third-order valence-corrected chi connectivity index (χ3v) is 3.09. The minimum absolute atomic E-state index is 0.236. The molecule has 17 heavy (non-hydrogen) atoms. The van der Waals surface area contributed by atoms with Crippen LogP contribution < -0.4 is 10.1 Å². The Morgan fingerprint density at radius 2 is 2.00 bits per heavy atom. The molecule has 0 spiro atoms. The molecule has 3 nitrogen and oxygen atoms in total. The summed E-state index contributed by atoms with van der Waals surface area (Å²) in [6, 6.07) is 8.55. The first-order valence-electron chi connectivity index (χ1n) is 6.06. The van der Waals surface area contributed by atoms with E-state index in [0.717, 1.165) is 18.7 Å². The molecule has 0 fully saturated rings. The van der Waals surface area contributed by atoms with Crippen molar-refractivity contribution in [1.29, 1.82) is 0 Å². The SMILES string of the molecule is COc1cccc(CCNC(C)C(C)OC)c1. The summed E-state index contributed by atoms with van der Waals surface area (Å²) in [4.78, 5) is 0. The quantitative estimate of drug-likeness (QED) is 0.789. The van der Waals surface area contributed by atoms with E-state index in [4.69, 9.17) is 9.47 Å². The van der Waals surface area contributed by atoms with Gasteiger partial charge >= 0.3 is 0 Å². The molecule has 0 aliphatic carbocycles. The molecule has 0 radical (unpaired) electrons. The smallest absolute Gasteiger partial charge is 0.119 e. The van der Waals surface area contributed by atoms with Gasteiger partial charge in [-0.2, -0.15) is 0 Å². The van der Waals surface area contributed by atoms with Crippen LogP contribution in [0.5, 0.6) is 5.75 Å². The molecule has 2 unspecified atom stereocenters. The van der Waals surface area contributed by atoms with E-state index in [2.05, 4.69) is 31.3 Å². The zero-order chi connectivity index (χ0) is 12.7. The third kappa shape index (κ3) is 4.75. The maximum atomic E-state index is 5.27. The minimum atomic E-state index is 0.236. The van der Waals surface area contributed by atoms with E-state index in [9.17, 15) is 0 Å². The predicted molar refractivity (Wildman–Crippen MR) is 70.6 cm³/mol. The van der Waals surface area contributed by atoms with Crippen LogP contribution in [0, 0.1) is 0 Å². The van der Waals surface area contributed by atoms with Crippen molar-refractivity contribution in [2.75, 3.05) is 20.8 Å². The monoisotopic (exact) mass is 237 g/mol. The summed E-state index contributed by atoms with van der Waals surface area (Å²) < 4.78 is 10.5. The number of methoxy groups -OCH3 is 2. The fraction of sp³-hybridized carbons (Fsp3) is 0.571. The minimum Gasteiger partial charge on any atom is -0.497 e. The van der Waals surface area contributed by atoms with Crippen molar-refractivity contribution in [2.24, 2.45) is 0 Å². The molecule has 0 aliphatic heterocycles. The summed E-state index contributed by atoms with van der Waals surface area (Å²) in [7, 11) is 3.44. The Hall–Kier alpha value is -1.06. The van der Waals surface area contributed by atoms with Crippen LogP contribution in [0.25, 0.3) is 0 Å². The summed E-state index contributed by atoms with van der Waals surface area (Å²) in [5, 5.41) is 3.45. The molecule has 1 aromatic rings. The molecular formula is C14H23NO2. The van der Waals surface area contributed by atoms with Crippen LogP contribution >= 0.6 is 0 Å². The summed E-state index contributed by atoms with van der Waals surface area (Å²) in [5.41, 5.74) is 1.29. The maximum Gasteiger partial charge on any atom is 0.119 e. The molecular weight excluding hydrogens is 214 g/mol. The highest BCUT2D eigenvalue weighted by Gasteiger charge is 2.09. The van der Waals surface area contributed by atoms with E-state index in [1.165, 1.54) is 5.56 Å². The zero-order valence-electron chi connectivity index (χ0n) is 11.2. The van der Waals surface area contributed by atoms with Gasteiger partial charge in [0.2, 0.25) is 0 Å². The summed E-state index contributed by atoms with van der Waals surface area (Å²) in [6.45, 7) is 5.16. The number of rotatable bonds is 7. The van der Waals surface area contributed by atoms with Gasteiger partial charge in [-0.1, -0.05) is 12.1 Å². The van der Waals surface area contributed by atoms with Gasteiger partial charge in [0.15, 0.2) is 0 Å². The van der Waals surface area contributed by atoms with Gasteiger partial charge in [-0.15, -0.1) is 0 Å². The van der Waals surface area contributed by atoms with Gasteiger partial charge in [-0.25, -0.2) is 0 Å². The van der Waals surface area contributed by atoms with Crippen molar-refractivity contribution in [3.63, 3.8) is 0 Å². The van der Waals surface area contributed by atoms with E-state index < -0.39 is 0 Å². The molecule has 0 amide bonds. The standard InChI is InChI=1S/C14H23NO2/c1-11(12(2)16-3)15-9-8-13-6-5-7-14(10-13)17-4/h5-7,10-12,15H,8-9H2,1-4H3. The van der Waals surface area contributed by atoms with E-state index in [1.54, 1.807) is 14.2 Å². The molecule has 2 atom stereocenters. The van der Waals surface area contributed by atoms with Gasteiger partial charge in [0.25, 0.3) is 0 Å². The fourth-order valence-electron chi connectivity index (χ4n) is 1.64. The van der Waals surface area contributed by atoms with Crippen LogP contribution in [0.15, 0.2) is 24.3 Å². The number of hydrogen-bond donors (Lipinski definition) is 1. The summed E-state index contributed by atoms with van der Waals surface area (Å²) >= 11 is 0. The van der Waals surface area contributed by atoms with E-state index >= 15 is 0 Å². The largest absolute Gasteiger partial charge is 0.497 e. The third-order valence-electron chi connectivity index (χ3n) is 3.09. The Morgan fingerprint density at radius 3 is 2.65 bits per heavy atom. The fourth-order valence-corrected chi connectivity index (χ4v) is 1.64. The van der Waals surface area contributed by atoms with Crippen molar-refractivity contribution < 1.29 is 9.47 Å². The van der Waals surface area contributed by atoms with Crippen LogP contribution in [0.4, 0.5) is 0 Å². The normalized spacial score (nSPS) is 14.4. The van der Waals surface area contributed by atoms with Gasteiger partial charge in [0, 0.05) is 13.2 Å². The second-order valence-corrected chi connectivity index (χ2v) is 4.29. The molecule has 0 bridgehead atoms. The van der Waals surface area contributed by atoms with Crippen molar-refractivity contribution in [2.45, 2.75) is 32.4 Å². The Kier molecular flexibility index (Phi) is 6.01. The molecule has 0 saturated carbocycles. The van der Waals surface area contributed by atoms with Crippen molar-refractivity contribution in [3.05, 3.63) is 29.8 Å². The highest BCUT2D eigenvalue weighted by atomic mass is 16.5. The Bertz CT molecular complexity index is 328. The zero-order valence-corrected chi connectivity index (χ0v) is 11.2. The molecule has 1 N–H and O–H groups in total. The van der Waals surface area contributed by atoms with E-state index in [-0.39, 0.29) is 6.10 Å². The molecule has 0 aromatic heterocycles. The molecule has 0 heterocycles. The van der Waals surface area contributed by atoms with Gasteiger partial charge in [0.05, 0.1) is 13.2 Å². The van der Waals surface area contributed by atoms with Crippen molar-refractivity contribution in [1.82, 2.24) is 5.32 Å². The highest BCUT2D eigenvalue weighted by molar-refractivity contribution is 5.28. The van der Waals surface area contributed by atoms with Crippen LogP contribution in [-0.2, 0) is 11.2 Å². The van der Waals surface area contributed by atoms with Gasteiger partial charge in [0.1, 0.15) is 5.75 Å². The summed E-state index contributed by atoms with van der Waals surface area (Å²) in [6.07, 6.45) is 1.23. The Balaban J connectivity index is 2.35. The first-order chi connectivity index (χ1) is 8.17. The van der Waals surface area contributed by atoms with Crippen LogP contribution in [0.1, 0.15) is 19.4 Å². The number of benzene rings is 1. The lowest BCUT2D eigenvalue weighted by Crippen LogP contribution is -2.37. The van der Waals surface area contributed by atoms with Gasteiger partial charge in [-0.3, -0.25) is 0 Å². The van der Waals surface area contributed by atoms with Crippen LogP contribution in [0.2, 0.25) is 0 Å². The molecule has 96 valence electrons. The van der Waals surface area contributed by atoms with Gasteiger partial charge in [-0.05, 0) is 44.5 Å². The average Bonchev–Trinajstić information content (AvgIpc) is 2.37. The number of nitrogens with one attached hydrogen (secondary N) is 1. The topological polar surface area (TPSA) is 30.5 Å². The highest BCUT2D eigenvalue weighted by Crippen LogP contribution is 2.12. The predicted octanol–water partition coefficient (Wildman–Crippen LogP) is 2.25. The van der Waals surface area contributed by atoms with E-state index in [0.29, 0.717) is 6.04 Å². The maximum absolute atomic E-state index is 5.27. The van der Waals surface area contributed by atoms with E-state index in [1.807, 2.05) is 12.1 Å². The summed E-state index contributed by atoms with van der Waals surface area (Å²) in [5.74, 6) is 0.917. The molecule has 1 rings (SSSR count). The molecule has 0 aliphatic rings. The average molecular weight is 237 g/mol. The molecule has 1 aromatic carbocycles. The second-order valence-electron chi connectivity index (χ2n) is 4.29. The number of ether oxygens (including phenoxy) is 2. The number of hydrogen-bond acceptors (Lipinski definition) is 3. The van der Waals surface area contributed by atoms with Crippen LogP contribution in [-0.4, -0.2) is 32.9 Å². The Labute approximate surface area is 104 Å². The Morgan fingerprint density at radius 1 is 1.24 bits per heavy atom. The second kappa shape index (κ2) is 7.30. The lowest BCUT2D eigenvalue weighted by molar-refractivity contribution is 0.0890. The lowest BCUT2D eigenvalue weighted by Gasteiger charge is -2.19. The van der Waals surface area contributed by atoms with Crippen molar-refractivity contribution >= 4 is 0 Å². The van der Waals surface area contributed by atoms with Crippen LogP contribution in [0.3, 0.4) is 0 Å². The van der Waals surface area contributed by atoms with Crippen molar-refractivity contribution in [3.8, 4) is 5.75 Å². The first-order valence-corrected chi connectivity index (χ1v) is 6.06.